The minimum atomic E-state index is -0.324. The molecule has 2 heterocycles. The molecule has 0 aliphatic rings. The first-order valence-corrected chi connectivity index (χ1v) is 6.98. The van der Waals surface area contributed by atoms with E-state index in [0.29, 0.717) is 5.56 Å². The first-order valence-electron chi connectivity index (χ1n) is 6.98. The van der Waals surface area contributed by atoms with Crippen molar-refractivity contribution in [3.63, 3.8) is 0 Å². The highest BCUT2D eigenvalue weighted by atomic mass is 16.5. The third-order valence-corrected chi connectivity index (χ3v) is 3.72. The van der Waals surface area contributed by atoms with E-state index < -0.39 is 0 Å². The number of hydrogen-bond donors (Lipinski definition) is 1. The van der Waals surface area contributed by atoms with Crippen LogP contribution in [-0.2, 0) is 4.74 Å². The van der Waals surface area contributed by atoms with Crippen LogP contribution < -0.4 is 0 Å². The van der Waals surface area contributed by atoms with Crippen LogP contribution in [0.25, 0.3) is 16.8 Å². The third kappa shape index (κ3) is 2.30. The number of nitrogens with zero attached hydrogens (tertiary/aromatic N) is 2. The van der Waals surface area contributed by atoms with Gasteiger partial charge in [0.25, 0.3) is 0 Å². The lowest BCUT2D eigenvalue weighted by molar-refractivity contribution is 0.0601. The van der Waals surface area contributed by atoms with Gasteiger partial charge in [-0.15, -0.1) is 0 Å². The zero-order valence-electron chi connectivity index (χ0n) is 12.8. The standard InChI is InChI=1S/C17H17N3O2/c1-11-15(16(12(2)19-11)17(21)22-3)13-4-6-14(7-5-13)20-9-8-18-10-20/h4-10,19H,1-3H3. The molecule has 0 fully saturated rings. The van der Waals surface area contributed by atoms with Crippen LogP contribution in [0, 0.1) is 13.8 Å². The summed E-state index contributed by atoms with van der Waals surface area (Å²) in [5.74, 6) is -0.324. The van der Waals surface area contributed by atoms with Crippen LogP contribution >= 0.6 is 0 Å². The largest absolute Gasteiger partial charge is 0.465 e. The summed E-state index contributed by atoms with van der Waals surface area (Å²) >= 11 is 0. The lowest BCUT2D eigenvalue weighted by Crippen LogP contribution is -2.03. The summed E-state index contributed by atoms with van der Waals surface area (Å²) in [5, 5.41) is 0. The lowest BCUT2D eigenvalue weighted by Gasteiger charge is -2.07. The van der Waals surface area contributed by atoms with Crippen LogP contribution in [0.5, 0.6) is 0 Å². The van der Waals surface area contributed by atoms with Crippen LogP contribution in [-0.4, -0.2) is 27.6 Å². The number of methoxy groups -OCH3 is 1. The van der Waals surface area contributed by atoms with Gasteiger partial charge in [-0.1, -0.05) is 12.1 Å². The second-order valence-corrected chi connectivity index (χ2v) is 5.13. The molecule has 0 bridgehead atoms. The van der Waals surface area contributed by atoms with E-state index in [0.717, 1.165) is 28.2 Å². The first kappa shape index (κ1) is 14.1. The van der Waals surface area contributed by atoms with Crippen molar-refractivity contribution in [2.24, 2.45) is 0 Å². The molecule has 2 aromatic heterocycles. The predicted octanol–water partition coefficient (Wildman–Crippen LogP) is 3.27. The Hall–Kier alpha value is -2.82. The zero-order valence-corrected chi connectivity index (χ0v) is 12.8. The van der Waals surface area contributed by atoms with Crippen molar-refractivity contribution in [2.45, 2.75) is 13.8 Å². The number of nitrogens with one attached hydrogen (secondary N) is 1. The van der Waals surface area contributed by atoms with Crippen molar-refractivity contribution in [1.29, 1.82) is 0 Å². The van der Waals surface area contributed by atoms with Crippen molar-refractivity contribution < 1.29 is 9.53 Å². The summed E-state index contributed by atoms with van der Waals surface area (Å²) in [6.45, 7) is 3.83. The molecule has 0 saturated carbocycles. The molecule has 0 unspecified atom stereocenters. The Kier molecular flexibility index (Phi) is 3.55. The molecule has 1 aromatic carbocycles. The Labute approximate surface area is 128 Å². The molecule has 0 amide bonds. The molecule has 0 atom stereocenters. The molecule has 3 rings (SSSR count). The number of hydrogen-bond acceptors (Lipinski definition) is 3. The van der Waals surface area contributed by atoms with E-state index in [-0.39, 0.29) is 5.97 Å². The number of esters is 1. The van der Waals surface area contributed by atoms with E-state index >= 15 is 0 Å². The number of aromatic nitrogens is 3. The maximum absolute atomic E-state index is 12.0. The normalized spacial score (nSPS) is 10.7. The fourth-order valence-corrected chi connectivity index (χ4v) is 2.71. The molecule has 3 aromatic rings. The van der Waals surface area contributed by atoms with E-state index in [4.69, 9.17) is 4.74 Å². The minimum Gasteiger partial charge on any atom is -0.465 e. The first-order chi connectivity index (χ1) is 10.6. The van der Waals surface area contributed by atoms with Gasteiger partial charge < -0.3 is 14.3 Å². The molecular weight excluding hydrogens is 278 g/mol. The average molecular weight is 295 g/mol. The molecule has 0 spiro atoms. The summed E-state index contributed by atoms with van der Waals surface area (Å²) in [5.41, 5.74) is 5.25. The molecule has 112 valence electrons. The van der Waals surface area contributed by atoms with E-state index in [1.54, 1.807) is 12.5 Å². The maximum Gasteiger partial charge on any atom is 0.340 e. The van der Waals surface area contributed by atoms with Crippen LogP contribution in [0.15, 0.2) is 43.0 Å². The highest BCUT2D eigenvalue weighted by molar-refractivity contribution is 5.99. The maximum atomic E-state index is 12.0. The van der Waals surface area contributed by atoms with Crippen LogP contribution in [0.1, 0.15) is 21.7 Å². The van der Waals surface area contributed by atoms with Crippen molar-refractivity contribution >= 4 is 5.97 Å². The number of carbonyl (C=O) groups is 1. The number of imidazole rings is 1. The average Bonchev–Trinajstić information content (AvgIpc) is 3.14. The van der Waals surface area contributed by atoms with Gasteiger partial charge in [-0.3, -0.25) is 0 Å². The Bertz CT molecular complexity index is 799. The third-order valence-electron chi connectivity index (χ3n) is 3.72. The highest BCUT2D eigenvalue weighted by Gasteiger charge is 2.20. The van der Waals surface area contributed by atoms with Gasteiger partial charge >= 0.3 is 5.97 Å². The Balaban J connectivity index is 2.07. The molecule has 1 N–H and O–H groups in total. The topological polar surface area (TPSA) is 59.9 Å². The molecular formula is C17H17N3O2. The second-order valence-electron chi connectivity index (χ2n) is 5.13. The molecule has 5 nitrogen and oxygen atoms in total. The molecule has 22 heavy (non-hydrogen) atoms. The summed E-state index contributed by atoms with van der Waals surface area (Å²) in [4.78, 5) is 19.3. The number of rotatable bonds is 3. The van der Waals surface area contributed by atoms with Gasteiger partial charge in [-0.2, -0.15) is 0 Å². The van der Waals surface area contributed by atoms with Crippen LogP contribution in [0.3, 0.4) is 0 Å². The van der Waals surface area contributed by atoms with Gasteiger partial charge in [-0.25, -0.2) is 9.78 Å². The van der Waals surface area contributed by atoms with E-state index in [1.165, 1.54) is 7.11 Å². The smallest absolute Gasteiger partial charge is 0.340 e. The van der Waals surface area contributed by atoms with Gasteiger partial charge in [0.05, 0.1) is 19.0 Å². The van der Waals surface area contributed by atoms with Gasteiger partial charge in [-0.05, 0) is 31.5 Å². The SMILES string of the molecule is COC(=O)c1c(C)[nH]c(C)c1-c1ccc(-n2ccnc2)cc1. The van der Waals surface area contributed by atoms with Crippen molar-refractivity contribution in [3.05, 3.63) is 59.9 Å². The monoisotopic (exact) mass is 295 g/mol. The quantitative estimate of drug-likeness (QED) is 0.754. The van der Waals surface area contributed by atoms with Crippen molar-refractivity contribution in [2.75, 3.05) is 7.11 Å². The van der Waals surface area contributed by atoms with Crippen molar-refractivity contribution in [1.82, 2.24) is 14.5 Å². The summed E-state index contributed by atoms with van der Waals surface area (Å²) < 4.78 is 6.83. The second kappa shape index (κ2) is 5.52. The minimum absolute atomic E-state index is 0.324. The highest BCUT2D eigenvalue weighted by Crippen LogP contribution is 2.31. The fraction of sp³-hybridized carbons (Fsp3) is 0.176. The van der Waals surface area contributed by atoms with E-state index in [9.17, 15) is 4.79 Å². The molecule has 0 aliphatic carbocycles. The summed E-state index contributed by atoms with van der Waals surface area (Å²) in [6.07, 6.45) is 5.38. The molecule has 0 saturated heterocycles. The fourth-order valence-electron chi connectivity index (χ4n) is 2.71. The molecule has 0 aliphatic heterocycles. The number of benzene rings is 1. The van der Waals surface area contributed by atoms with Gasteiger partial charge in [0.1, 0.15) is 0 Å². The van der Waals surface area contributed by atoms with E-state index in [1.807, 2.05) is 48.9 Å². The van der Waals surface area contributed by atoms with E-state index in [2.05, 4.69) is 9.97 Å². The Morgan fingerprint density at radius 2 is 1.91 bits per heavy atom. The number of carbonyl (C=O) groups excluding carboxylic acids is 1. The van der Waals surface area contributed by atoms with Crippen LogP contribution in [0.4, 0.5) is 0 Å². The number of H-pyrrole nitrogens is 1. The molecule has 0 radical (unpaired) electrons. The number of ether oxygens (including phenoxy) is 1. The van der Waals surface area contributed by atoms with Gasteiger partial charge in [0, 0.05) is 35.0 Å². The van der Waals surface area contributed by atoms with Crippen molar-refractivity contribution in [3.8, 4) is 16.8 Å². The summed E-state index contributed by atoms with van der Waals surface area (Å²) in [7, 11) is 1.40. The molecule has 5 heteroatoms. The Morgan fingerprint density at radius 3 is 2.50 bits per heavy atom. The summed E-state index contributed by atoms with van der Waals surface area (Å²) in [6, 6.07) is 7.99. The van der Waals surface area contributed by atoms with Gasteiger partial charge in [0.2, 0.25) is 0 Å². The number of aryl methyl sites for hydroxylation is 2. The lowest BCUT2D eigenvalue weighted by atomic mass is 10.00. The zero-order chi connectivity index (χ0) is 15.7. The van der Waals surface area contributed by atoms with Crippen LogP contribution in [0.2, 0.25) is 0 Å². The predicted molar refractivity (Wildman–Crippen MR) is 84.2 cm³/mol. The Morgan fingerprint density at radius 1 is 1.18 bits per heavy atom. The van der Waals surface area contributed by atoms with Gasteiger partial charge in [0.15, 0.2) is 0 Å². The number of aromatic amines is 1.